The zero-order valence-electron chi connectivity index (χ0n) is 17.8. The molecule has 8 heteroatoms. The number of anilines is 1. The lowest BCUT2D eigenvalue weighted by atomic mass is 9.99. The fraction of sp³-hybridized carbons (Fsp3) is 0.348. The number of aromatic nitrogens is 6. The number of rotatable bonds is 5. The largest absolute Gasteiger partial charge is 0.357 e. The second kappa shape index (κ2) is 8.29. The van der Waals surface area contributed by atoms with Crippen molar-refractivity contribution in [1.82, 2.24) is 29.9 Å². The Bertz CT molecular complexity index is 1160. The van der Waals surface area contributed by atoms with E-state index in [1.165, 1.54) is 12.8 Å². The second-order valence-electron chi connectivity index (χ2n) is 8.12. The number of pyridine rings is 1. The van der Waals surface area contributed by atoms with E-state index >= 15 is 0 Å². The lowest BCUT2D eigenvalue weighted by Gasteiger charge is -2.31. The first-order valence-electron chi connectivity index (χ1n) is 10.7. The summed E-state index contributed by atoms with van der Waals surface area (Å²) in [5.41, 5.74) is 2.03. The fourth-order valence-corrected chi connectivity index (χ4v) is 3.82. The highest BCUT2D eigenvalue weighted by atomic mass is 16.5. The van der Waals surface area contributed by atoms with Gasteiger partial charge in [0.1, 0.15) is 11.6 Å². The first kappa shape index (κ1) is 19.4. The third-order valence-electron chi connectivity index (χ3n) is 5.76. The standard InChI is InChI=1S/C23H25N7O/c1-16-9-12-29(13-10-16)20-14-18(8-11-24-20)15-30-17(2)25-22(27-30)23-26-21(28-31-23)19-6-4-3-5-7-19/h3-8,11,14,16H,9-10,12-13,15H2,1-2H3. The number of benzene rings is 1. The number of piperidine rings is 1. The SMILES string of the molecule is Cc1nc(-c2nc(-c3ccccc3)no2)nn1Cc1ccnc(N2CCC(C)CC2)c1. The lowest BCUT2D eigenvalue weighted by Crippen LogP contribution is -2.33. The van der Waals surface area contributed by atoms with Crippen LogP contribution < -0.4 is 4.90 Å². The van der Waals surface area contributed by atoms with E-state index in [-0.39, 0.29) is 0 Å². The molecule has 1 aliphatic rings. The van der Waals surface area contributed by atoms with Gasteiger partial charge in [0.05, 0.1) is 6.54 Å². The quantitative estimate of drug-likeness (QED) is 0.487. The van der Waals surface area contributed by atoms with Gasteiger partial charge in [-0.15, -0.1) is 5.10 Å². The highest BCUT2D eigenvalue weighted by Crippen LogP contribution is 2.23. The van der Waals surface area contributed by atoms with Crippen LogP contribution in [0.15, 0.2) is 53.2 Å². The molecule has 0 amide bonds. The van der Waals surface area contributed by atoms with Crippen LogP contribution in [0.25, 0.3) is 23.1 Å². The molecule has 1 aromatic carbocycles. The average molecular weight is 416 g/mol. The van der Waals surface area contributed by atoms with E-state index in [4.69, 9.17) is 4.52 Å². The summed E-state index contributed by atoms with van der Waals surface area (Å²) in [7, 11) is 0. The van der Waals surface area contributed by atoms with Gasteiger partial charge in [-0.3, -0.25) is 0 Å². The first-order valence-corrected chi connectivity index (χ1v) is 10.7. The maximum atomic E-state index is 5.41. The molecule has 158 valence electrons. The van der Waals surface area contributed by atoms with Gasteiger partial charge in [-0.05, 0) is 43.4 Å². The van der Waals surface area contributed by atoms with E-state index in [1.807, 2.05) is 54.2 Å². The van der Waals surface area contributed by atoms with Crippen LogP contribution in [0.1, 0.15) is 31.2 Å². The zero-order valence-corrected chi connectivity index (χ0v) is 17.8. The summed E-state index contributed by atoms with van der Waals surface area (Å²) in [6.45, 7) is 6.98. The van der Waals surface area contributed by atoms with E-state index in [0.717, 1.165) is 41.8 Å². The number of nitrogens with zero attached hydrogens (tertiary/aromatic N) is 7. The van der Waals surface area contributed by atoms with Crippen LogP contribution >= 0.6 is 0 Å². The molecule has 0 bridgehead atoms. The molecule has 0 radical (unpaired) electrons. The Morgan fingerprint density at radius 2 is 1.84 bits per heavy atom. The highest BCUT2D eigenvalue weighted by Gasteiger charge is 2.19. The van der Waals surface area contributed by atoms with E-state index in [9.17, 15) is 0 Å². The van der Waals surface area contributed by atoms with Crippen LogP contribution in [0.3, 0.4) is 0 Å². The van der Waals surface area contributed by atoms with E-state index in [0.29, 0.717) is 24.1 Å². The summed E-state index contributed by atoms with van der Waals surface area (Å²) in [6.07, 6.45) is 4.30. The number of hydrogen-bond donors (Lipinski definition) is 0. The molecule has 8 nitrogen and oxygen atoms in total. The first-order chi connectivity index (χ1) is 15.2. The molecule has 0 unspecified atom stereocenters. The molecular weight excluding hydrogens is 390 g/mol. The fourth-order valence-electron chi connectivity index (χ4n) is 3.82. The van der Waals surface area contributed by atoms with Crippen LogP contribution in [-0.2, 0) is 6.54 Å². The van der Waals surface area contributed by atoms with Gasteiger partial charge in [0.2, 0.25) is 11.6 Å². The third kappa shape index (κ3) is 4.19. The van der Waals surface area contributed by atoms with Crippen molar-refractivity contribution in [3.63, 3.8) is 0 Å². The van der Waals surface area contributed by atoms with Gasteiger partial charge in [0, 0.05) is 24.8 Å². The highest BCUT2D eigenvalue weighted by molar-refractivity contribution is 5.56. The Kier molecular flexibility index (Phi) is 5.19. The Labute approximate surface area is 181 Å². The molecule has 0 aliphatic carbocycles. The van der Waals surface area contributed by atoms with Crippen LogP contribution in [0, 0.1) is 12.8 Å². The molecule has 0 saturated carbocycles. The van der Waals surface area contributed by atoms with Crippen molar-refractivity contribution in [2.45, 2.75) is 33.2 Å². The number of hydrogen-bond acceptors (Lipinski definition) is 7. The monoisotopic (exact) mass is 415 g/mol. The zero-order chi connectivity index (χ0) is 21.2. The average Bonchev–Trinajstić information content (AvgIpc) is 3.43. The van der Waals surface area contributed by atoms with E-state index < -0.39 is 0 Å². The predicted octanol–water partition coefficient (Wildman–Crippen LogP) is 3.98. The van der Waals surface area contributed by atoms with Crippen LogP contribution in [0.2, 0.25) is 0 Å². The molecule has 0 spiro atoms. The predicted molar refractivity (Wildman–Crippen MR) is 117 cm³/mol. The molecular formula is C23H25N7O. The molecule has 1 fully saturated rings. The molecule has 0 atom stereocenters. The Morgan fingerprint density at radius 3 is 2.65 bits per heavy atom. The Morgan fingerprint density at radius 1 is 1.03 bits per heavy atom. The van der Waals surface area contributed by atoms with Gasteiger partial charge >= 0.3 is 0 Å². The van der Waals surface area contributed by atoms with Crippen molar-refractivity contribution in [1.29, 1.82) is 0 Å². The molecule has 5 rings (SSSR count). The summed E-state index contributed by atoms with van der Waals surface area (Å²) < 4.78 is 7.27. The minimum Gasteiger partial charge on any atom is -0.357 e. The molecule has 4 aromatic rings. The normalized spacial score (nSPS) is 14.8. The molecule has 1 aliphatic heterocycles. The van der Waals surface area contributed by atoms with Crippen LogP contribution in [0.5, 0.6) is 0 Å². The van der Waals surface area contributed by atoms with Gasteiger partial charge in [-0.25, -0.2) is 14.6 Å². The van der Waals surface area contributed by atoms with Gasteiger partial charge in [0.15, 0.2) is 0 Å². The summed E-state index contributed by atoms with van der Waals surface area (Å²) in [5.74, 6) is 3.90. The van der Waals surface area contributed by atoms with Gasteiger partial charge in [-0.1, -0.05) is 42.4 Å². The molecule has 4 heterocycles. The minimum absolute atomic E-state index is 0.318. The van der Waals surface area contributed by atoms with Crippen molar-refractivity contribution in [2.75, 3.05) is 18.0 Å². The lowest BCUT2D eigenvalue weighted by molar-refractivity contribution is 0.429. The Hall–Kier alpha value is -3.55. The smallest absolute Gasteiger partial charge is 0.297 e. The van der Waals surface area contributed by atoms with Crippen molar-refractivity contribution >= 4 is 5.82 Å². The summed E-state index contributed by atoms with van der Waals surface area (Å²) in [4.78, 5) is 15.9. The topological polar surface area (TPSA) is 85.8 Å². The van der Waals surface area contributed by atoms with E-state index in [2.05, 4.69) is 43.1 Å². The van der Waals surface area contributed by atoms with Crippen LogP contribution in [-0.4, -0.2) is 43.0 Å². The second-order valence-corrected chi connectivity index (χ2v) is 8.12. The summed E-state index contributed by atoms with van der Waals surface area (Å²) >= 11 is 0. The summed E-state index contributed by atoms with van der Waals surface area (Å²) in [6, 6.07) is 13.9. The third-order valence-corrected chi connectivity index (χ3v) is 5.76. The van der Waals surface area contributed by atoms with Crippen molar-refractivity contribution < 1.29 is 4.52 Å². The number of aryl methyl sites for hydroxylation is 1. The Balaban J connectivity index is 1.34. The molecule has 31 heavy (non-hydrogen) atoms. The summed E-state index contributed by atoms with van der Waals surface area (Å²) in [5, 5.41) is 8.67. The van der Waals surface area contributed by atoms with Crippen molar-refractivity contribution in [3.05, 3.63) is 60.0 Å². The van der Waals surface area contributed by atoms with Gasteiger partial charge in [-0.2, -0.15) is 4.98 Å². The van der Waals surface area contributed by atoms with Crippen molar-refractivity contribution in [3.8, 4) is 23.1 Å². The minimum atomic E-state index is 0.318. The van der Waals surface area contributed by atoms with Gasteiger partial charge in [0.25, 0.3) is 5.89 Å². The van der Waals surface area contributed by atoms with Crippen LogP contribution in [0.4, 0.5) is 5.82 Å². The maximum absolute atomic E-state index is 5.41. The van der Waals surface area contributed by atoms with E-state index in [1.54, 1.807) is 0 Å². The van der Waals surface area contributed by atoms with Gasteiger partial charge < -0.3 is 9.42 Å². The van der Waals surface area contributed by atoms with Crippen molar-refractivity contribution in [2.24, 2.45) is 5.92 Å². The molecule has 0 N–H and O–H groups in total. The molecule has 3 aromatic heterocycles. The maximum Gasteiger partial charge on any atom is 0.297 e. The molecule has 1 saturated heterocycles.